The van der Waals surface area contributed by atoms with E-state index in [0.717, 1.165) is 4.90 Å². The van der Waals surface area contributed by atoms with Gasteiger partial charge in [0.15, 0.2) is 5.65 Å². The van der Waals surface area contributed by atoms with Gasteiger partial charge in [0.1, 0.15) is 16.9 Å². The largest absolute Gasteiger partial charge is 0.368 e. The van der Waals surface area contributed by atoms with E-state index in [-0.39, 0.29) is 18.9 Å². The molecule has 0 atom stereocenters. The van der Waals surface area contributed by atoms with Crippen LogP contribution in [0.2, 0.25) is 0 Å². The fourth-order valence-corrected chi connectivity index (χ4v) is 3.99. The van der Waals surface area contributed by atoms with Gasteiger partial charge < -0.3 is 24.1 Å². The number of ether oxygens (including phenoxy) is 1. The second-order valence-corrected chi connectivity index (χ2v) is 9.20. The van der Waals surface area contributed by atoms with Gasteiger partial charge in [-0.3, -0.25) is 4.57 Å². The molecule has 0 saturated carbocycles. The van der Waals surface area contributed by atoms with Crippen molar-refractivity contribution in [1.29, 1.82) is 0 Å². The van der Waals surface area contributed by atoms with E-state index >= 15 is 0 Å². The van der Waals surface area contributed by atoms with E-state index in [2.05, 4.69) is 15.0 Å². The Morgan fingerprint density at radius 1 is 1.18 bits per heavy atom. The molecule has 0 aliphatic rings. The van der Waals surface area contributed by atoms with E-state index in [4.69, 9.17) is 19.5 Å². The average molecular weight is 423 g/mol. The molecule has 2 N–H and O–H groups in total. The lowest BCUT2D eigenvalue weighted by Crippen LogP contribution is -2.08. The lowest BCUT2D eigenvalue weighted by atomic mass is 10.2. The van der Waals surface area contributed by atoms with Crippen molar-refractivity contribution in [2.75, 3.05) is 32.9 Å². The Balaban J connectivity index is 1.74. The average Bonchev–Trinajstić information content (AvgIpc) is 3.09. The third-order valence-electron chi connectivity index (χ3n) is 3.97. The summed E-state index contributed by atoms with van der Waals surface area (Å²) in [6.07, 6.45) is 1.53. The topological polar surface area (TPSA) is 114 Å². The van der Waals surface area contributed by atoms with Crippen LogP contribution in [0, 0.1) is 6.92 Å². The third-order valence-corrected chi connectivity index (χ3v) is 6.56. The van der Waals surface area contributed by atoms with Crippen LogP contribution in [0.15, 0.2) is 40.5 Å². The zero-order chi connectivity index (χ0) is 20.1. The van der Waals surface area contributed by atoms with Gasteiger partial charge in [-0.1, -0.05) is 29.5 Å². The van der Waals surface area contributed by atoms with E-state index in [0.29, 0.717) is 22.7 Å². The number of nitrogen functional groups attached to an aromatic ring is 1. The number of imidazole rings is 1. The van der Waals surface area contributed by atoms with Crippen molar-refractivity contribution in [2.24, 2.45) is 0 Å². The van der Waals surface area contributed by atoms with Crippen LogP contribution >= 0.6 is 19.4 Å². The van der Waals surface area contributed by atoms with Crippen LogP contribution in [0.3, 0.4) is 0 Å². The second kappa shape index (κ2) is 9.02. The van der Waals surface area contributed by atoms with Gasteiger partial charge in [-0.25, -0.2) is 9.97 Å². The first kappa shape index (κ1) is 20.8. The molecule has 0 fully saturated rings. The number of hydrogen-bond acceptors (Lipinski definition) is 9. The van der Waals surface area contributed by atoms with Crippen molar-refractivity contribution in [2.45, 2.75) is 23.4 Å². The summed E-state index contributed by atoms with van der Waals surface area (Å²) in [6, 6.07) is 8.13. The number of hydrogen-bond donors (Lipinski definition) is 1. The van der Waals surface area contributed by atoms with Gasteiger partial charge in [0, 0.05) is 25.7 Å². The molecule has 0 aliphatic carbocycles. The van der Waals surface area contributed by atoms with Gasteiger partial charge in [0.25, 0.3) is 0 Å². The van der Waals surface area contributed by atoms with E-state index in [1.165, 1.54) is 31.5 Å². The Labute approximate surface area is 167 Å². The maximum absolute atomic E-state index is 12.0. The minimum atomic E-state index is -3.19. The van der Waals surface area contributed by atoms with Crippen LogP contribution in [0.1, 0.15) is 5.56 Å². The molecular weight excluding hydrogens is 401 g/mol. The molecule has 0 saturated heterocycles. The number of anilines is 1. The first-order valence-corrected chi connectivity index (χ1v) is 11.0. The molecule has 0 unspecified atom stereocenters. The summed E-state index contributed by atoms with van der Waals surface area (Å²) >= 11 is 1.48. The molecule has 0 radical (unpaired) electrons. The smallest absolute Gasteiger partial charge is 0.355 e. The Hall–Kier alpha value is -1.97. The van der Waals surface area contributed by atoms with E-state index in [9.17, 15) is 4.57 Å². The number of aryl methyl sites for hydroxylation is 1. The van der Waals surface area contributed by atoms with Crippen LogP contribution in [0.5, 0.6) is 0 Å². The van der Waals surface area contributed by atoms with Gasteiger partial charge in [-0.05, 0) is 19.1 Å². The lowest BCUT2D eigenvalue weighted by Gasteiger charge is -2.13. The lowest BCUT2D eigenvalue weighted by molar-refractivity contribution is 0.139. The Morgan fingerprint density at radius 3 is 2.57 bits per heavy atom. The number of fused-ring (bicyclic) bond motifs is 1. The molecule has 0 bridgehead atoms. The van der Waals surface area contributed by atoms with Crippen molar-refractivity contribution in [3.63, 3.8) is 0 Å². The highest BCUT2D eigenvalue weighted by Gasteiger charge is 2.21. The normalized spacial score (nSPS) is 12.0. The number of rotatable bonds is 9. The van der Waals surface area contributed by atoms with Crippen LogP contribution in [0.25, 0.3) is 11.2 Å². The van der Waals surface area contributed by atoms with Crippen LogP contribution in [-0.2, 0) is 24.9 Å². The molecule has 2 aromatic heterocycles. The minimum absolute atomic E-state index is 0.127. The summed E-state index contributed by atoms with van der Waals surface area (Å²) in [4.78, 5) is 14.1. The fourth-order valence-electron chi connectivity index (χ4n) is 2.41. The van der Waals surface area contributed by atoms with Crippen molar-refractivity contribution in [1.82, 2.24) is 19.5 Å². The van der Waals surface area contributed by atoms with Gasteiger partial charge in [-0.2, -0.15) is 4.98 Å². The second-order valence-electron chi connectivity index (χ2n) is 5.93. The molecule has 0 amide bonds. The molecule has 28 heavy (non-hydrogen) atoms. The number of benzene rings is 1. The minimum Gasteiger partial charge on any atom is -0.368 e. The molecule has 0 spiro atoms. The zero-order valence-corrected chi connectivity index (χ0v) is 17.6. The van der Waals surface area contributed by atoms with Crippen molar-refractivity contribution in [3.05, 3.63) is 36.2 Å². The highest BCUT2D eigenvalue weighted by atomic mass is 32.2. The zero-order valence-electron chi connectivity index (χ0n) is 15.9. The van der Waals surface area contributed by atoms with E-state index in [1.54, 1.807) is 6.33 Å². The van der Waals surface area contributed by atoms with Crippen molar-refractivity contribution >= 4 is 36.5 Å². The summed E-state index contributed by atoms with van der Waals surface area (Å²) in [7, 11) is -0.543. The maximum Gasteiger partial charge on any atom is 0.355 e. The highest BCUT2D eigenvalue weighted by Crippen LogP contribution is 2.46. The van der Waals surface area contributed by atoms with Gasteiger partial charge >= 0.3 is 7.60 Å². The Bertz CT molecular complexity index is 987. The molecular formula is C17H22N5O4PS. The quantitative estimate of drug-likeness (QED) is 0.314. The predicted molar refractivity (Wildman–Crippen MR) is 107 cm³/mol. The third kappa shape index (κ3) is 4.89. The summed E-state index contributed by atoms with van der Waals surface area (Å²) in [5.74, 6) is 0.174. The number of nitrogens with two attached hydrogens (primary N) is 1. The molecule has 9 nitrogen and oxygen atoms in total. The van der Waals surface area contributed by atoms with E-state index in [1.807, 2.05) is 35.8 Å². The van der Waals surface area contributed by atoms with Gasteiger partial charge in [0.2, 0.25) is 5.95 Å². The van der Waals surface area contributed by atoms with Crippen LogP contribution in [-0.4, -0.2) is 46.7 Å². The summed E-state index contributed by atoms with van der Waals surface area (Å²) < 4.78 is 28.9. The predicted octanol–water partition coefficient (Wildman–Crippen LogP) is 3.33. The molecule has 1 aromatic carbocycles. The maximum atomic E-state index is 12.0. The molecule has 3 aromatic rings. The van der Waals surface area contributed by atoms with Gasteiger partial charge in [0.05, 0.1) is 12.9 Å². The van der Waals surface area contributed by atoms with Gasteiger partial charge in [-0.15, -0.1) is 0 Å². The summed E-state index contributed by atoms with van der Waals surface area (Å²) in [5.41, 5.74) is 8.37. The summed E-state index contributed by atoms with van der Waals surface area (Å²) in [6.45, 7) is 2.78. The monoisotopic (exact) mass is 423 g/mol. The fraction of sp³-hybridized carbons (Fsp3) is 0.353. The van der Waals surface area contributed by atoms with Crippen molar-refractivity contribution in [3.8, 4) is 0 Å². The molecule has 3 rings (SSSR count). The molecule has 0 aliphatic heterocycles. The molecule has 2 heterocycles. The SMILES string of the molecule is COP(=O)(COCCn1cnc2c(Sc3ccc(C)cc3)nc(N)nc21)OC. The highest BCUT2D eigenvalue weighted by molar-refractivity contribution is 7.99. The molecule has 150 valence electrons. The Morgan fingerprint density at radius 2 is 1.89 bits per heavy atom. The van der Waals surface area contributed by atoms with Crippen LogP contribution < -0.4 is 5.73 Å². The number of aromatic nitrogens is 4. The first-order chi connectivity index (χ1) is 13.4. The standard InChI is InChI=1S/C17H22N5O4PS/c1-12-4-6-13(7-5-12)28-16-14-15(20-17(18)21-16)22(10-19-14)8-9-26-11-27(23,24-2)25-3/h4-7,10H,8-9,11H2,1-3H3,(H2,18,20,21). The Kier molecular flexibility index (Phi) is 6.69. The first-order valence-electron chi connectivity index (χ1n) is 8.45. The van der Waals surface area contributed by atoms with Crippen molar-refractivity contribution < 1.29 is 18.3 Å². The molecule has 11 heteroatoms. The summed E-state index contributed by atoms with van der Waals surface area (Å²) in [5, 5.41) is 0.689. The number of nitrogens with zero attached hydrogens (tertiary/aromatic N) is 4. The van der Waals surface area contributed by atoms with E-state index < -0.39 is 7.60 Å². The van der Waals surface area contributed by atoms with Crippen LogP contribution in [0.4, 0.5) is 5.95 Å².